The fraction of sp³-hybridized carbons (Fsp3) is 0.286. The van der Waals surface area contributed by atoms with Gasteiger partial charge in [-0.15, -0.1) is 0 Å². The van der Waals surface area contributed by atoms with E-state index < -0.39 is 0 Å². The number of aromatic nitrogens is 1. The normalized spacial score (nSPS) is 10.6. The van der Waals surface area contributed by atoms with Crippen LogP contribution in [0.15, 0.2) is 24.3 Å². The summed E-state index contributed by atoms with van der Waals surface area (Å²) in [6, 6.07) is 6.91. The van der Waals surface area contributed by atoms with Gasteiger partial charge in [-0.05, 0) is 18.2 Å². The van der Waals surface area contributed by atoms with Gasteiger partial charge in [-0.2, -0.15) is 0 Å². The largest absolute Gasteiger partial charge is 0.493 e. The Kier molecular flexibility index (Phi) is 4.71. The first kappa shape index (κ1) is 13.8. The second-order valence-electron chi connectivity index (χ2n) is 4.02. The van der Waals surface area contributed by atoms with E-state index in [-0.39, 0.29) is 0 Å². The van der Waals surface area contributed by atoms with E-state index in [1.54, 1.807) is 31.4 Å². The van der Waals surface area contributed by atoms with Crippen LogP contribution in [0.5, 0.6) is 5.75 Å². The number of pyridine rings is 1. The van der Waals surface area contributed by atoms with Crippen molar-refractivity contribution in [1.82, 2.24) is 4.98 Å². The molecule has 4 nitrogen and oxygen atoms in total. The summed E-state index contributed by atoms with van der Waals surface area (Å²) < 4.78 is 10.6. The van der Waals surface area contributed by atoms with Gasteiger partial charge in [0.2, 0.25) is 0 Å². The van der Waals surface area contributed by atoms with Crippen molar-refractivity contribution in [2.24, 2.45) is 0 Å². The zero-order valence-electron chi connectivity index (χ0n) is 10.6. The van der Waals surface area contributed by atoms with Crippen LogP contribution in [-0.2, 0) is 4.74 Å². The van der Waals surface area contributed by atoms with Crippen molar-refractivity contribution in [2.75, 3.05) is 20.3 Å². The molecule has 0 amide bonds. The van der Waals surface area contributed by atoms with Crippen LogP contribution in [0.3, 0.4) is 0 Å². The lowest BCUT2D eigenvalue weighted by molar-refractivity contribution is 0.111. The van der Waals surface area contributed by atoms with Crippen LogP contribution in [0.25, 0.3) is 10.9 Å². The number of benzene rings is 1. The first-order valence-corrected chi connectivity index (χ1v) is 6.29. The first-order valence-electron chi connectivity index (χ1n) is 5.92. The summed E-state index contributed by atoms with van der Waals surface area (Å²) in [6.07, 6.45) is 1.48. The minimum atomic E-state index is 0.344. The van der Waals surface area contributed by atoms with Crippen molar-refractivity contribution in [3.05, 3.63) is 35.0 Å². The molecular formula is C14H14ClNO3. The van der Waals surface area contributed by atoms with E-state index in [2.05, 4.69) is 4.98 Å². The molecule has 19 heavy (non-hydrogen) atoms. The minimum absolute atomic E-state index is 0.344. The standard InChI is InChI=1S/C14H14ClNO3/c1-18-5-2-6-19-14-8-11(9-17)16-13-4-3-10(15)7-12(13)14/h3-4,7-9H,2,5-6H2,1H3. The molecule has 0 atom stereocenters. The molecule has 1 heterocycles. The minimum Gasteiger partial charge on any atom is -0.493 e. The third kappa shape index (κ3) is 3.43. The number of methoxy groups -OCH3 is 1. The van der Waals surface area contributed by atoms with Crippen molar-refractivity contribution in [1.29, 1.82) is 0 Å². The third-order valence-corrected chi connectivity index (χ3v) is 2.86. The molecule has 0 unspecified atom stereocenters. The second kappa shape index (κ2) is 6.50. The van der Waals surface area contributed by atoms with Gasteiger partial charge in [0.1, 0.15) is 11.4 Å². The van der Waals surface area contributed by atoms with Gasteiger partial charge in [0.15, 0.2) is 6.29 Å². The van der Waals surface area contributed by atoms with Crippen LogP contribution in [0.4, 0.5) is 0 Å². The Morgan fingerprint density at radius 1 is 1.32 bits per heavy atom. The fourth-order valence-electron chi connectivity index (χ4n) is 1.75. The molecule has 2 aromatic rings. The van der Waals surface area contributed by atoms with Crippen LogP contribution in [0.1, 0.15) is 16.9 Å². The van der Waals surface area contributed by atoms with Crippen LogP contribution < -0.4 is 4.74 Å². The summed E-state index contributed by atoms with van der Waals surface area (Å²) >= 11 is 5.98. The number of ether oxygens (including phenoxy) is 2. The van der Waals surface area contributed by atoms with Crippen LogP contribution >= 0.6 is 11.6 Å². The molecule has 0 bridgehead atoms. The summed E-state index contributed by atoms with van der Waals surface area (Å²) in [7, 11) is 1.64. The second-order valence-corrected chi connectivity index (χ2v) is 4.46. The number of rotatable bonds is 6. The zero-order chi connectivity index (χ0) is 13.7. The maximum atomic E-state index is 10.9. The highest BCUT2D eigenvalue weighted by Crippen LogP contribution is 2.28. The van der Waals surface area contributed by atoms with Gasteiger partial charge >= 0.3 is 0 Å². The Labute approximate surface area is 116 Å². The molecule has 0 aliphatic heterocycles. The summed E-state index contributed by atoms with van der Waals surface area (Å²) in [5, 5.41) is 1.41. The molecule has 1 aromatic carbocycles. The summed E-state index contributed by atoms with van der Waals surface area (Å²) in [4.78, 5) is 15.1. The molecule has 0 radical (unpaired) electrons. The number of aldehydes is 1. The Morgan fingerprint density at radius 2 is 2.16 bits per heavy atom. The smallest absolute Gasteiger partial charge is 0.168 e. The highest BCUT2D eigenvalue weighted by atomic mass is 35.5. The van der Waals surface area contributed by atoms with Gasteiger partial charge in [-0.3, -0.25) is 4.79 Å². The highest BCUT2D eigenvalue weighted by Gasteiger charge is 2.07. The van der Waals surface area contributed by atoms with Gasteiger partial charge in [0.25, 0.3) is 0 Å². The third-order valence-electron chi connectivity index (χ3n) is 2.62. The zero-order valence-corrected chi connectivity index (χ0v) is 11.3. The number of fused-ring (bicyclic) bond motifs is 1. The number of carbonyl (C=O) groups is 1. The van der Waals surface area contributed by atoms with Gasteiger partial charge in [0, 0.05) is 36.6 Å². The number of hydrogen-bond acceptors (Lipinski definition) is 4. The molecule has 0 aliphatic carbocycles. The Balaban J connectivity index is 2.32. The van der Waals surface area contributed by atoms with E-state index in [1.807, 2.05) is 0 Å². The topological polar surface area (TPSA) is 48.4 Å². The number of carbonyl (C=O) groups excluding carboxylic acids is 1. The average molecular weight is 280 g/mol. The molecule has 2 rings (SSSR count). The van der Waals surface area contributed by atoms with Crippen molar-refractivity contribution >= 4 is 28.8 Å². The molecule has 5 heteroatoms. The molecule has 0 N–H and O–H groups in total. The first-order chi connectivity index (χ1) is 9.24. The van der Waals surface area contributed by atoms with Gasteiger partial charge < -0.3 is 9.47 Å². The van der Waals surface area contributed by atoms with Crippen molar-refractivity contribution in [2.45, 2.75) is 6.42 Å². The summed E-state index contributed by atoms with van der Waals surface area (Å²) in [5.74, 6) is 0.616. The maximum Gasteiger partial charge on any atom is 0.168 e. The molecule has 0 saturated carbocycles. The van der Waals surface area contributed by atoms with Crippen molar-refractivity contribution < 1.29 is 14.3 Å². The Bertz CT molecular complexity index is 586. The number of hydrogen-bond donors (Lipinski definition) is 0. The van der Waals surface area contributed by atoms with Crippen molar-refractivity contribution in [3.63, 3.8) is 0 Å². The molecule has 0 aliphatic rings. The summed E-state index contributed by atoms with van der Waals surface area (Å²) in [5.41, 5.74) is 1.03. The molecule has 100 valence electrons. The molecular weight excluding hydrogens is 266 g/mol. The molecule has 0 fully saturated rings. The lowest BCUT2D eigenvalue weighted by Crippen LogP contribution is -2.03. The monoisotopic (exact) mass is 279 g/mol. The van der Waals surface area contributed by atoms with E-state index in [4.69, 9.17) is 21.1 Å². The lowest BCUT2D eigenvalue weighted by Gasteiger charge is -2.10. The summed E-state index contributed by atoms with van der Waals surface area (Å²) in [6.45, 7) is 1.14. The van der Waals surface area contributed by atoms with E-state index >= 15 is 0 Å². The quantitative estimate of drug-likeness (QED) is 0.602. The van der Waals surface area contributed by atoms with E-state index in [0.29, 0.717) is 41.5 Å². The van der Waals surface area contributed by atoms with Gasteiger partial charge in [-0.25, -0.2) is 4.98 Å². The van der Waals surface area contributed by atoms with E-state index in [9.17, 15) is 4.79 Å². The molecule has 0 spiro atoms. The number of halogens is 1. The molecule has 0 saturated heterocycles. The van der Waals surface area contributed by atoms with E-state index in [1.165, 1.54) is 0 Å². The van der Waals surface area contributed by atoms with Crippen LogP contribution in [0.2, 0.25) is 5.02 Å². The Hall–Kier alpha value is -1.65. The Morgan fingerprint density at radius 3 is 2.89 bits per heavy atom. The van der Waals surface area contributed by atoms with Crippen LogP contribution in [0, 0.1) is 0 Å². The predicted octanol–water partition coefficient (Wildman–Crippen LogP) is 3.12. The number of nitrogens with zero attached hydrogens (tertiary/aromatic N) is 1. The van der Waals surface area contributed by atoms with E-state index in [0.717, 1.165) is 11.8 Å². The van der Waals surface area contributed by atoms with Gasteiger partial charge in [0.05, 0.1) is 12.1 Å². The molecule has 1 aromatic heterocycles. The predicted molar refractivity (Wildman–Crippen MR) is 74.1 cm³/mol. The van der Waals surface area contributed by atoms with Crippen molar-refractivity contribution in [3.8, 4) is 5.75 Å². The highest BCUT2D eigenvalue weighted by molar-refractivity contribution is 6.31. The van der Waals surface area contributed by atoms with Gasteiger partial charge in [-0.1, -0.05) is 11.6 Å². The average Bonchev–Trinajstić information content (AvgIpc) is 2.43. The fourth-order valence-corrected chi connectivity index (χ4v) is 1.92. The maximum absolute atomic E-state index is 10.9. The lowest BCUT2D eigenvalue weighted by atomic mass is 10.2. The van der Waals surface area contributed by atoms with Crippen LogP contribution in [-0.4, -0.2) is 31.6 Å². The SMILES string of the molecule is COCCCOc1cc(C=O)nc2ccc(Cl)cc12.